The van der Waals surface area contributed by atoms with Crippen molar-refractivity contribution in [2.45, 2.75) is 13.0 Å². The number of carbonyl (C=O) groups is 1. The molecule has 0 fully saturated rings. The number of benzene rings is 2. The molecule has 0 aliphatic heterocycles. The van der Waals surface area contributed by atoms with Gasteiger partial charge in [-0.1, -0.05) is 0 Å². The molecule has 0 radical (unpaired) electrons. The van der Waals surface area contributed by atoms with Gasteiger partial charge in [0, 0.05) is 17.2 Å². The molecule has 0 saturated heterocycles. The van der Waals surface area contributed by atoms with E-state index in [2.05, 4.69) is 0 Å². The van der Waals surface area contributed by atoms with Crippen molar-refractivity contribution in [2.75, 3.05) is 0 Å². The Bertz CT molecular complexity index is 812. The Hall–Kier alpha value is -2.88. The highest BCUT2D eigenvalue weighted by Crippen LogP contribution is 2.22. The maximum atomic E-state index is 13.3. The number of hydrogen-bond acceptors (Lipinski definition) is 1. The van der Waals surface area contributed by atoms with Crippen LogP contribution in [0.2, 0.25) is 0 Å². The van der Waals surface area contributed by atoms with E-state index in [1.807, 2.05) is 10.8 Å². The summed E-state index contributed by atoms with van der Waals surface area (Å²) in [4.78, 5) is 11.7. The first kappa shape index (κ1) is 16.0. The van der Waals surface area contributed by atoms with E-state index in [0.29, 0.717) is 5.56 Å². The first-order chi connectivity index (χ1) is 11.5. The van der Waals surface area contributed by atoms with Crippen LogP contribution in [0.5, 0.6) is 0 Å². The molecule has 0 saturated carbocycles. The highest BCUT2D eigenvalue weighted by molar-refractivity contribution is 5.93. The molecule has 0 aliphatic rings. The molecule has 2 aromatic carbocycles. The van der Waals surface area contributed by atoms with Crippen LogP contribution >= 0.6 is 0 Å². The molecule has 3 rings (SSSR count). The van der Waals surface area contributed by atoms with Gasteiger partial charge in [-0.05, 0) is 61.5 Å². The van der Waals surface area contributed by atoms with Gasteiger partial charge in [-0.15, -0.1) is 0 Å². The fourth-order valence-electron chi connectivity index (χ4n) is 2.69. The topological polar surface area (TPSA) is 20.9 Å². The molecule has 1 heterocycles. The smallest absolute Gasteiger partial charge is 0.208 e. The van der Waals surface area contributed by atoms with E-state index in [1.165, 1.54) is 31.2 Å². The van der Waals surface area contributed by atoms with Crippen molar-refractivity contribution in [2.24, 2.45) is 0 Å². The minimum absolute atomic E-state index is 0.0405. The molecule has 4 heteroatoms. The summed E-state index contributed by atoms with van der Waals surface area (Å²) in [6, 6.07) is 15.6. The molecule has 0 unspecified atom stereocenters. The van der Waals surface area contributed by atoms with Crippen molar-refractivity contribution in [3.63, 3.8) is 0 Å². The highest BCUT2D eigenvalue weighted by Gasteiger charge is 2.24. The molecule has 0 amide bonds. The minimum atomic E-state index is -0.320. The SMILES string of the molecule is CC(=O)c1ccc[n+](C(c2ccc(F)cc2)c2ccc(F)cc2)c1. The number of carbonyl (C=O) groups excluding carboxylic acids is 1. The van der Waals surface area contributed by atoms with Crippen molar-refractivity contribution < 1.29 is 18.1 Å². The molecule has 3 aromatic rings. The normalized spacial score (nSPS) is 10.8. The van der Waals surface area contributed by atoms with Gasteiger partial charge in [0.1, 0.15) is 11.6 Å². The maximum absolute atomic E-state index is 13.3. The Labute approximate surface area is 139 Å². The number of hydrogen-bond donors (Lipinski definition) is 0. The number of aromatic nitrogens is 1. The molecule has 0 atom stereocenters. The van der Waals surface area contributed by atoms with Crippen LogP contribution in [-0.2, 0) is 0 Å². The second kappa shape index (κ2) is 6.71. The quantitative estimate of drug-likeness (QED) is 0.523. The average molecular weight is 324 g/mol. The van der Waals surface area contributed by atoms with Crippen LogP contribution in [0.25, 0.3) is 0 Å². The zero-order chi connectivity index (χ0) is 17.1. The molecule has 0 bridgehead atoms. The van der Waals surface area contributed by atoms with Gasteiger partial charge in [0.2, 0.25) is 6.04 Å². The molecule has 24 heavy (non-hydrogen) atoms. The predicted molar refractivity (Wildman–Crippen MR) is 86.7 cm³/mol. The molecule has 0 aliphatic carbocycles. The van der Waals surface area contributed by atoms with E-state index in [1.54, 1.807) is 42.6 Å². The van der Waals surface area contributed by atoms with Gasteiger partial charge >= 0.3 is 0 Å². The summed E-state index contributed by atoms with van der Waals surface area (Å²) in [5.74, 6) is -0.681. The van der Waals surface area contributed by atoms with Crippen LogP contribution in [-0.4, -0.2) is 5.78 Å². The van der Waals surface area contributed by atoms with Crippen molar-refractivity contribution in [3.05, 3.63) is 101 Å². The van der Waals surface area contributed by atoms with E-state index >= 15 is 0 Å². The first-order valence-corrected chi connectivity index (χ1v) is 7.57. The predicted octanol–water partition coefficient (Wildman–Crippen LogP) is 4.09. The van der Waals surface area contributed by atoms with Gasteiger partial charge in [0.05, 0.1) is 5.56 Å². The van der Waals surface area contributed by atoms with Gasteiger partial charge < -0.3 is 0 Å². The van der Waals surface area contributed by atoms with Gasteiger partial charge in [-0.2, -0.15) is 4.57 Å². The van der Waals surface area contributed by atoms with E-state index in [9.17, 15) is 13.6 Å². The third kappa shape index (κ3) is 3.38. The van der Waals surface area contributed by atoms with Gasteiger partial charge in [-0.25, -0.2) is 8.78 Å². The molecule has 2 nitrogen and oxygen atoms in total. The van der Waals surface area contributed by atoms with Crippen LogP contribution < -0.4 is 4.57 Å². The highest BCUT2D eigenvalue weighted by atomic mass is 19.1. The fraction of sp³-hybridized carbons (Fsp3) is 0.100. The molecule has 0 N–H and O–H groups in total. The Morgan fingerprint density at radius 3 is 1.83 bits per heavy atom. The number of Topliss-reactive ketones (excluding diaryl/α,β-unsaturated/α-hetero) is 1. The summed E-state index contributed by atoms with van der Waals surface area (Å²) in [7, 11) is 0. The standard InChI is InChI=1S/C20H16F2NO/c1-14(24)17-3-2-12-23(13-17)20(15-4-8-18(21)9-5-15)16-6-10-19(22)11-7-16/h2-13,20H,1H3/q+1. The second-order valence-corrected chi connectivity index (χ2v) is 5.60. The number of pyridine rings is 1. The third-order valence-corrected chi connectivity index (χ3v) is 3.90. The summed E-state index contributed by atoms with van der Waals surface area (Å²) in [6.07, 6.45) is 3.59. The number of halogens is 2. The minimum Gasteiger partial charge on any atom is -0.294 e. The summed E-state index contributed by atoms with van der Waals surface area (Å²) in [5, 5.41) is 0. The summed E-state index contributed by atoms with van der Waals surface area (Å²) < 4.78 is 28.4. The summed E-state index contributed by atoms with van der Waals surface area (Å²) >= 11 is 0. The zero-order valence-corrected chi connectivity index (χ0v) is 13.1. The van der Waals surface area contributed by atoms with Gasteiger partial charge in [-0.3, -0.25) is 4.79 Å². The Balaban J connectivity index is 2.14. The van der Waals surface area contributed by atoms with Crippen molar-refractivity contribution in [1.82, 2.24) is 0 Å². The Kier molecular flexibility index (Phi) is 4.47. The Morgan fingerprint density at radius 2 is 1.38 bits per heavy atom. The number of ketones is 1. The van der Waals surface area contributed by atoms with E-state index in [4.69, 9.17) is 0 Å². The van der Waals surface area contributed by atoms with Crippen LogP contribution in [0.3, 0.4) is 0 Å². The molecule has 120 valence electrons. The summed E-state index contributed by atoms with van der Waals surface area (Å²) in [6.45, 7) is 1.50. The van der Waals surface area contributed by atoms with E-state index < -0.39 is 0 Å². The van der Waals surface area contributed by atoms with Crippen LogP contribution in [0, 0.1) is 11.6 Å². The largest absolute Gasteiger partial charge is 0.294 e. The lowest BCUT2D eigenvalue weighted by Crippen LogP contribution is -2.40. The molecule has 0 spiro atoms. The van der Waals surface area contributed by atoms with Crippen LogP contribution in [0.1, 0.15) is 34.5 Å². The first-order valence-electron chi connectivity index (χ1n) is 7.57. The van der Waals surface area contributed by atoms with Gasteiger partial charge in [0.15, 0.2) is 18.2 Å². The second-order valence-electron chi connectivity index (χ2n) is 5.60. The molecule has 1 aromatic heterocycles. The zero-order valence-electron chi connectivity index (χ0n) is 13.1. The van der Waals surface area contributed by atoms with Crippen molar-refractivity contribution in [1.29, 1.82) is 0 Å². The lowest BCUT2D eigenvalue weighted by atomic mass is 9.98. The monoisotopic (exact) mass is 324 g/mol. The lowest BCUT2D eigenvalue weighted by Gasteiger charge is -2.14. The maximum Gasteiger partial charge on any atom is 0.208 e. The average Bonchev–Trinajstić information content (AvgIpc) is 2.59. The molecular formula is C20H16F2NO+. The number of rotatable bonds is 4. The van der Waals surface area contributed by atoms with Crippen LogP contribution in [0.4, 0.5) is 8.78 Å². The van der Waals surface area contributed by atoms with Gasteiger partial charge in [0.25, 0.3) is 0 Å². The van der Waals surface area contributed by atoms with E-state index in [-0.39, 0.29) is 23.5 Å². The fourth-order valence-corrected chi connectivity index (χ4v) is 2.69. The van der Waals surface area contributed by atoms with Crippen molar-refractivity contribution >= 4 is 5.78 Å². The van der Waals surface area contributed by atoms with E-state index in [0.717, 1.165) is 11.1 Å². The number of nitrogens with zero attached hydrogens (tertiary/aromatic N) is 1. The van der Waals surface area contributed by atoms with Crippen LogP contribution in [0.15, 0.2) is 73.1 Å². The summed E-state index contributed by atoms with van der Waals surface area (Å²) in [5.41, 5.74) is 2.26. The lowest BCUT2D eigenvalue weighted by molar-refractivity contribution is -0.705. The third-order valence-electron chi connectivity index (χ3n) is 3.90. The Morgan fingerprint density at radius 1 is 0.875 bits per heavy atom. The van der Waals surface area contributed by atoms with Crippen molar-refractivity contribution in [3.8, 4) is 0 Å². The molecular weight excluding hydrogens is 308 g/mol.